The van der Waals surface area contributed by atoms with Crippen molar-refractivity contribution in [3.63, 3.8) is 0 Å². The Kier molecular flexibility index (Phi) is 4.11. The number of nitrogens with one attached hydrogen (secondary N) is 1. The molecule has 0 aliphatic carbocycles. The van der Waals surface area contributed by atoms with E-state index in [2.05, 4.69) is 20.4 Å². The number of ether oxygens (including phenoxy) is 1. The number of amides is 1. The standard InChI is InChI=1S/C14H20N4O2/c19-14(11-5-4-10-20-11)15-12-6-7-13(17-16-12)18-8-2-1-3-9-18/h6-7,11H,1-5,8-10H2,(H,15,16,19). The highest BCUT2D eigenvalue weighted by Crippen LogP contribution is 2.18. The summed E-state index contributed by atoms with van der Waals surface area (Å²) in [5.41, 5.74) is 0. The van der Waals surface area contributed by atoms with E-state index in [9.17, 15) is 4.79 Å². The SMILES string of the molecule is O=C(Nc1ccc(N2CCCCC2)nn1)C1CCCO1. The van der Waals surface area contributed by atoms with Crippen molar-refractivity contribution in [2.45, 2.75) is 38.2 Å². The van der Waals surface area contributed by atoms with Gasteiger partial charge >= 0.3 is 0 Å². The molecule has 2 saturated heterocycles. The minimum absolute atomic E-state index is 0.123. The van der Waals surface area contributed by atoms with Crippen LogP contribution in [0.5, 0.6) is 0 Å². The van der Waals surface area contributed by atoms with Crippen molar-refractivity contribution >= 4 is 17.5 Å². The second-order valence-electron chi connectivity index (χ2n) is 5.32. The number of hydrogen-bond donors (Lipinski definition) is 1. The summed E-state index contributed by atoms with van der Waals surface area (Å²) in [5, 5.41) is 11.0. The minimum atomic E-state index is -0.335. The van der Waals surface area contributed by atoms with Crippen molar-refractivity contribution in [2.75, 3.05) is 29.9 Å². The van der Waals surface area contributed by atoms with Crippen LogP contribution in [-0.2, 0) is 9.53 Å². The fraction of sp³-hybridized carbons (Fsp3) is 0.643. The van der Waals surface area contributed by atoms with Crippen LogP contribution >= 0.6 is 0 Å². The average Bonchev–Trinajstić information content (AvgIpc) is 3.03. The molecule has 3 heterocycles. The van der Waals surface area contributed by atoms with Crippen molar-refractivity contribution in [1.29, 1.82) is 0 Å². The second-order valence-corrected chi connectivity index (χ2v) is 5.32. The van der Waals surface area contributed by atoms with Gasteiger partial charge in [-0.2, -0.15) is 0 Å². The third-order valence-corrected chi connectivity index (χ3v) is 3.80. The van der Waals surface area contributed by atoms with Gasteiger partial charge < -0.3 is 15.0 Å². The largest absolute Gasteiger partial charge is 0.368 e. The molecule has 0 radical (unpaired) electrons. The van der Waals surface area contributed by atoms with E-state index < -0.39 is 0 Å². The number of piperidine rings is 1. The molecule has 1 aromatic heterocycles. The fourth-order valence-corrected chi connectivity index (χ4v) is 2.67. The Balaban J connectivity index is 1.59. The monoisotopic (exact) mass is 276 g/mol. The van der Waals surface area contributed by atoms with Crippen LogP contribution < -0.4 is 10.2 Å². The Labute approximate surface area is 118 Å². The first-order chi connectivity index (χ1) is 9.83. The molecule has 0 aromatic carbocycles. The normalized spacial score (nSPS) is 22.8. The first-order valence-corrected chi connectivity index (χ1v) is 7.34. The molecule has 0 bridgehead atoms. The molecule has 2 aliphatic rings. The van der Waals surface area contributed by atoms with Crippen LogP contribution in [0.3, 0.4) is 0 Å². The van der Waals surface area contributed by atoms with E-state index in [1.54, 1.807) is 0 Å². The zero-order valence-electron chi connectivity index (χ0n) is 11.5. The van der Waals surface area contributed by atoms with E-state index in [0.717, 1.165) is 31.7 Å². The topological polar surface area (TPSA) is 67.4 Å². The summed E-state index contributed by atoms with van der Waals surface area (Å²) in [6.45, 7) is 2.74. The molecule has 3 rings (SSSR count). The van der Waals surface area contributed by atoms with Crippen LogP contribution in [0.15, 0.2) is 12.1 Å². The third-order valence-electron chi connectivity index (χ3n) is 3.80. The Hall–Kier alpha value is -1.69. The van der Waals surface area contributed by atoms with Gasteiger partial charge in [-0.05, 0) is 44.2 Å². The number of anilines is 2. The van der Waals surface area contributed by atoms with Crippen LogP contribution in [0, 0.1) is 0 Å². The molecule has 1 atom stereocenters. The van der Waals surface area contributed by atoms with Gasteiger partial charge in [0.25, 0.3) is 5.91 Å². The lowest BCUT2D eigenvalue weighted by atomic mass is 10.1. The molecule has 6 heteroatoms. The van der Waals surface area contributed by atoms with Crippen molar-refractivity contribution in [3.8, 4) is 0 Å². The van der Waals surface area contributed by atoms with Crippen LogP contribution in [0.1, 0.15) is 32.1 Å². The first-order valence-electron chi connectivity index (χ1n) is 7.34. The van der Waals surface area contributed by atoms with Crippen LogP contribution in [0.4, 0.5) is 11.6 Å². The molecular formula is C14H20N4O2. The van der Waals surface area contributed by atoms with Gasteiger partial charge in [-0.3, -0.25) is 4.79 Å². The van der Waals surface area contributed by atoms with E-state index in [4.69, 9.17) is 4.74 Å². The van der Waals surface area contributed by atoms with Crippen molar-refractivity contribution in [2.24, 2.45) is 0 Å². The van der Waals surface area contributed by atoms with Gasteiger partial charge in [0, 0.05) is 19.7 Å². The number of rotatable bonds is 3. The van der Waals surface area contributed by atoms with Crippen LogP contribution in [-0.4, -0.2) is 41.9 Å². The summed E-state index contributed by atoms with van der Waals surface area (Å²) in [5.74, 6) is 1.26. The summed E-state index contributed by atoms with van der Waals surface area (Å²) in [6, 6.07) is 3.73. The predicted octanol–water partition coefficient (Wildman–Crippen LogP) is 1.58. The van der Waals surface area contributed by atoms with Gasteiger partial charge in [0.05, 0.1) is 0 Å². The maximum absolute atomic E-state index is 11.9. The maximum Gasteiger partial charge on any atom is 0.254 e. The number of nitrogens with zero attached hydrogens (tertiary/aromatic N) is 3. The lowest BCUT2D eigenvalue weighted by Crippen LogP contribution is -2.30. The number of hydrogen-bond acceptors (Lipinski definition) is 5. The Morgan fingerprint density at radius 3 is 2.70 bits per heavy atom. The molecule has 1 N–H and O–H groups in total. The van der Waals surface area contributed by atoms with Crippen LogP contribution in [0.25, 0.3) is 0 Å². The number of carbonyl (C=O) groups is 1. The minimum Gasteiger partial charge on any atom is -0.368 e. The van der Waals surface area contributed by atoms with E-state index in [1.165, 1.54) is 19.3 Å². The van der Waals surface area contributed by atoms with Gasteiger partial charge in [0.2, 0.25) is 0 Å². The van der Waals surface area contributed by atoms with Gasteiger partial charge in [-0.25, -0.2) is 0 Å². The molecule has 2 fully saturated rings. The molecule has 20 heavy (non-hydrogen) atoms. The first kappa shape index (κ1) is 13.3. The summed E-state index contributed by atoms with van der Waals surface area (Å²) in [6.07, 6.45) is 5.10. The molecule has 1 amide bonds. The smallest absolute Gasteiger partial charge is 0.254 e. The Morgan fingerprint density at radius 1 is 1.20 bits per heavy atom. The number of aromatic nitrogens is 2. The van der Waals surface area contributed by atoms with E-state index in [0.29, 0.717) is 12.4 Å². The summed E-state index contributed by atoms with van der Waals surface area (Å²) >= 11 is 0. The van der Waals surface area contributed by atoms with Crippen molar-refractivity contribution in [1.82, 2.24) is 10.2 Å². The summed E-state index contributed by atoms with van der Waals surface area (Å²) in [4.78, 5) is 14.1. The maximum atomic E-state index is 11.9. The van der Waals surface area contributed by atoms with Crippen molar-refractivity contribution < 1.29 is 9.53 Å². The molecular weight excluding hydrogens is 256 g/mol. The predicted molar refractivity (Wildman–Crippen MR) is 75.7 cm³/mol. The molecule has 2 aliphatic heterocycles. The molecule has 0 spiro atoms. The second kappa shape index (κ2) is 6.17. The van der Waals surface area contributed by atoms with E-state index in [-0.39, 0.29) is 12.0 Å². The molecule has 108 valence electrons. The Morgan fingerprint density at radius 2 is 2.05 bits per heavy atom. The number of carbonyl (C=O) groups excluding carboxylic acids is 1. The Bertz CT molecular complexity index is 451. The van der Waals surface area contributed by atoms with E-state index in [1.807, 2.05) is 12.1 Å². The quantitative estimate of drug-likeness (QED) is 0.908. The van der Waals surface area contributed by atoms with Crippen molar-refractivity contribution in [3.05, 3.63) is 12.1 Å². The zero-order valence-corrected chi connectivity index (χ0v) is 11.5. The average molecular weight is 276 g/mol. The zero-order chi connectivity index (χ0) is 13.8. The summed E-state index contributed by atoms with van der Waals surface area (Å²) < 4.78 is 5.34. The molecule has 1 aromatic rings. The van der Waals surface area contributed by atoms with Gasteiger partial charge in [0.1, 0.15) is 6.10 Å². The van der Waals surface area contributed by atoms with Gasteiger partial charge in [-0.15, -0.1) is 10.2 Å². The van der Waals surface area contributed by atoms with E-state index >= 15 is 0 Å². The lowest BCUT2D eigenvalue weighted by Gasteiger charge is -2.27. The highest BCUT2D eigenvalue weighted by Gasteiger charge is 2.24. The lowest BCUT2D eigenvalue weighted by molar-refractivity contribution is -0.124. The van der Waals surface area contributed by atoms with Gasteiger partial charge in [0.15, 0.2) is 11.6 Å². The molecule has 6 nitrogen and oxygen atoms in total. The van der Waals surface area contributed by atoms with Crippen LogP contribution in [0.2, 0.25) is 0 Å². The highest BCUT2D eigenvalue weighted by molar-refractivity contribution is 5.93. The van der Waals surface area contributed by atoms with Gasteiger partial charge in [-0.1, -0.05) is 0 Å². The summed E-state index contributed by atoms with van der Waals surface area (Å²) in [7, 11) is 0. The molecule has 1 unspecified atom stereocenters. The molecule has 0 saturated carbocycles. The highest BCUT2D eigenvalue weighted by atomic mass is 16.5. The fourth-order valence-electron chi connectivity index (χ4n) is 2.67. The third kappa shape index (κ3) is 3.07.